The van der Waals surface area contributed by atoms with Gasteiger partial charge in [-0.25, -0.2) is 4.98 Å². The molecular weight excluding hydrogens is 186 g/mol. The highest BCUT2D eigenvalue weighted by molar-refractivity contribution is 7.13. The summed E-state index contributed by atoms with van der Waals surface area (Å²) in [6.07, 6.45) is 3.34. The molecule has 0 atom stereocenters. The number of furan rings is 1. The van der Waals surface area contributed by atoms with Crippen LogP contribution in [-0.4, -0.2) is 12.1 Å². The van der Waals surface area contributed by atoms with E-state index in [1.165, 1.54) is 0 Å². The number of nitrogens with zero attached hydrogens (tertiary/aromatic N) is 1. The number of aromatic nitrogens is 1. The Morgan fingerprint density at radius 2 is 2.54 bits per heavy atom. The Bertz CT molecular complexity index is 367. The largest absolute Gasteiger partial charge is 0.472 e. The standard InChI is InChI=1S/C9H9NO2S/c1-11-5-8-6-13-9(10-8)7-2-3-12-4-7/h2-4,6H,5H2,1H3. The molecule has 0 aliphatic rings. The normalized spacial score (nSPS) is 10.5. The predicted molar refractivity (Wildman–Crippen MR) is 50.5 cm³/mol. The van der Waals surface area contributed by atoms with Crippen LogP contribution in [-0.2, 0) is 11.3 Å². The molecule has 0 aromatic carbocycles. The molecule has 0 N–H and O–H groups in total. The highest BCUT2D eigenvalue weighted by Gasteiger charge is 2.04. The van der Waals surface area contributed by atoms with Gasteiger partial charge in [0.2, 0.25) is 0 Å². The average molecular weight is 195 g/mol. The quantitative estimate of drug-likeness (QED) is 0.755. The second-order valence-electron chi connectivity index (χ2n) is 2.59. The molecule has 2 aromatic rings. The van der Waals surface area contributed by atoms with Crippen molar-refractivity contribution in [2.24, 2.45) is 0 Å². The van der Waals surface area contributed by atoms with Crippen LogP contribution in [0.5, 0.6) is 0 Å². The minimum atomic E-state index is 0.564. The first-order chi connectivity index (χ1) is 6.40. The van der Waals surface area contributed by atoms with Crippen molar-refractivity contribution in [2.75, 3.05) is 7.11 Å². The summed E-state index contributed by atoms with van der Waals surface area (Å²) in [6, 6.07) is 1.90. The maximum atomic E-state index is 4.98. The van der Waals surface area contributed by atoms with Crippen molar-refractivity contribution >= 4 is 11.3 Å². The van der Waals surface area contributed by atoms with Gasteiger partial charge in [-0.1, -0.05) is 0 Å². The molecule has 0 radical (unpaired) electrons. The van der Waals surface area contributed by atoms with E-state index in [0.717, 1.165) is 16.3 Å². The molecule has 2 heterocycles. The monoisotopic (exact) mass is 195 g/mol. The number of ether oxygens (including phenoxy) is 1. The van der Waals surface area contributed by atoms with Crippen LogP contribution in [0.3, 0.4) is 0 Å². The highest BCUT2D eigenvalue weighted by atomic mass is 32.1. The lowest BCUT2D eigenvalue weighted by atomic mass is 10.4. The lowest BCUT2D eigenvalue weighted by Gasteiger charge is -1.90. The van der Waals surface area contributed by atoms with Crippen molar-refractivity contribution in [1.29, 1.82) is 0 Å². The number of thiazole rings is 1. The zero-order valence-corrected chi connectivity index (χ0v) is 8.00. The Morgan fingerprint density at radius 3 is 3.23 bits per heavy atom. The fourth-order valence-corrected chi connectivity index (χ4v) is 1.83. The summed E-state index contributed by atoms with van der Waals surface area (Å²) in [4.78, 5) is 4.38. The van der Waals surface area contributed by atoms with Crippen molar-refractivity contribution < 1.29 is 9.15 Å². The van der Waals surface area contributed by atoms with E-state index >= 15 is 0 Å². The Hall–Kier alpha value is -1.13. The zero-order valence-electron chi connectivity index (χ0n) is 7.19. The molecule has 2 rings (SSSR count). The highest BCUT2D eigenvalue weighted by Crippen LogP contribution is 2.23. The molecule has 0 aliphatic carbocycles. The van der Waals surface area contributed by atoms with E-state index in [-0.39, 0.29) is 0 Å². The smallest absolute Gasteiger partial charge is 0.126 e. The molecule has 13 heavy (non-hydrogen) atoms. The van der Waals surface area contributed by atoms with E-state index in [0.29, 0.717) is 6.61 Å². The molecule has 0 saturated heterocycles. The second-order valence-corrected chi connectivity index (χ2v) is 3.45. The minimum absolute atomic E-state index is 0.564. The average Bonchev–Trinajstić information content (AvgIpc) is 2.70. The van der Waals surface area contributed by atoms with E-state index in [4.69, 9.17) is 9.15 Å². The summed E-state index contributed by atoms with van der Waals surface area (Å²) in [5.74, 6) is 0. The van der Waals surface area contributed by atoms with Gasteiger partial charge in [0, 0.05) is 18.1 Å². The van der Waals surface area contributed by atoms with Crippen LogP contribution < -0.4 is 0 Å². The molecule has 0 aliphatic heterocycles. The van der Waals surface area contributed by atoms with Gasteiger partial charge in [-0.15, -0.1) is 11.3 Å². The molecule has 3 nitrogen and oxygen atoms in total. The Balaban J connectivity index is 2.23. The molecule has 2 aromatic heterocycles. The van der Waals surface area contributed by atoms with Crippen LogP contribution in [0.1, 0.15) is 5.69 Å². The second kappa shape index (κ2) is 3.72. The molecule has 0 fully saturated rings. The number of hydrogen-bond acceptors (Lipinski definition) is 4. The molecular formula is C9H9NO2S. The lowest BCUT2D eigenvalue weighted by molar-refractivity contribution is 0.182. The van der Waals surface area contributed by atoms with Gasteiger partial charge in [0.15, 0.2) is 0 Å². The van der Waals surface area contributed by atoms with Crippen LogP contribution >= 0.6 is 11.3 Å². The maximum absolute atomic E-state index is 4.98. The van der Waals surface area contributed by atoms with E-state index in [2.05, 4.69) is 4.98 Å². The van der Waals surface area contributed by atoms with Gasteiger partial charge >= 0.3 is 0 Å². The van der Waals surface area contributed by atoms with Gasteiger partial charge < -0.3 is 9.15 Å². The van der Waals surface area contributed by atoms with Crippen molar-refractivity contribution in [1.82, 2.24) is 4.98 Å². The molecule has 0 spiro atoms. The lowest BCUT2D eigenvalue weighted by Crippen LogP contribution is -1.86. The van der Waals surface area contributed by atoms with Crippen molar-refractivity contribution in [3.63, 3.8) is 0 Å². The van der Waals surface area contributed by atoms with E-state index in [9.17, 15) is 0 Å². The molecule has 0 saturated carbocycles. The van der Waals surface area contributed by atoms with Gasteiger partial charge in [0.25, 0.3) is 0 Å². The first-order valence-corrected chi connectivity index (χ1v) is 4.74. The first kappa shape index (κ1) is 8.47. The predicted octanol–water partition coefficient (Wildman–Crippen LogP) is 2.55. The van der Waals surface area contributed by atoms with Crippen molar-refractivity contribution in [2.45, 2.75) is 6.61 Å². The first-order valence-electron chi connectivity index (χ1n) is 3.86. The summed E-state index contributed by atoms with van der Waals surface area (Å²) in [5.41, 5.74) is 1.98. The molecule has 68 valence electrons. The van der Waals surface area contributed by atoms with Crippen LogP contribution in [0.25, 0.3) is 10.6 Å². The van der Waals surface area contributed by atoms with Crippen LogP contribution in [0.4, 0.5) is 0 Å². The van der Waals surface area contributed by atoms with E-state index in [1.54, 1.807) is 31.0 Å². The van der Waals surface area contributed by atoms with Crippen molar-refractivity contribution in [3.8, 4) is 10.6 Å². The van der Waals surface area contributed by atoms with E-state index < -0.39 is 0 Å². The maximum Gasteiger partial charge on any atom is 0.126 e. The third kappa shape index (κ3) is 1.79. The summed E-state index contributed by atoms with van der Waals surface area (Å²) < 4.78 is 9.95. The Morgan fingerprint density at radius 1 is 1.62 bits per heavy atom. The zero-order chi connectivity index (χ0) is 9.10. The van der Waals surface area contributed by atoms with Gasteiger partial charge in [-0.05, 0) is 6.07 Å². The summed E-state index contributed by atoms with van der Waals surface area (Å²) >= 11 is 1.60. The van der Waals surface area contributed by atoms with Crippen LogP contribution in [0.15, 0.2) is 28.4 Å². The summed E-state index contributed by atoms with van der Waals surface area (Å²) in [5, 5.41) is 2.96. The Kier molecular flexibility index (Phi) is 2.42. The molecule has 4 heteroatoms. The molecule has 0 amide bonds. The van der Waals surface area contributed by atoms with Gasteiger partial charge in [-0.3, -0.25) is 0 Å². The van der Waals surface area contributed by atoms with Crippen LogP contribution in [0, 0.1) is 0 Å². The minimum Gasteiger partial charge on any atom is -0.472 e. The Labute approximate surface area is 80.0 Å². The SMILES string of the molecule is COCc1csc(-c2ccoc2)n1. The van der Waals surface area contributed by atoms with Gasteiger partial charge in [0.1, 0.15) is 11.3 Å². The van der Waals surface area contributed by atoms with Gasteiger partial charge in [-0.2, -0.15) is 0 Å². The topological polar surface area (TPSA) is 35.3 Å². The number of rotatable bonds is 3. The third-order valence-electron chi connectivity index (χ3n) is 1.61. The fourth-order valence-electron chi connectivity index (χ4n) is 1.04. The third-order valence-corrected chi connectivity index (χ3v) is 2.55. The van der Waals surface area contributed by atoms with Crippen LogP contribution in [0.2, 0.25) is 0 Å². The van der Waals surface area contributed by atoms with Gasteiger partial charge in [0.05, 0.1) is 18.6 Å². The number of hydrogen-bond donors (Lipinski definition) is 0. The van der Waals surface area contributed by atoms with Crippen molar-refractivity contribution in [3.05, 3.63) is 29.7 Å². The fraction of sp³-hybridized carbons (Fsp3) is 0.222. The molecule has 0 bridgehead atoms. The summed E-state index contributed by atoms with van der Waals surface area (Å²) in [7, 11) is 1.66. The van der Waals surface area contributed by atoms with E-state index in [1.807, 2.05) is 11.4 Å². The number of methoxy groups -OCH3 is 1. The molecule has 0 unspecified atom stereocenters. The summed E-state index contributed by atoms with van der Waals surface area (Å²) in [6.45, 7) is 0.564.